The monoisotopic (exact) mass is 400 g/mol. The Morgan fingerprint density at radius 1 is 1.25 bits per heavy atom. The maximum atomic E-state index is 11.0. The van der Waals surface area contributed by atoms with Gasteiger partial charge in [-0.25, -0.2) is 9.97 Å². The minimum absolute atomic E-state index is 0.183. The molecule has 1 atom stereocenters. The molecule has 8 heteroatoms. The number of hydrogen-bond donors (Lipinski definition) is 2. The van der Waals surface area contributed by atoms with E-state index in [4.69, 9.17) is 22.1 Å². The van der Waals surface area contributed by atoms with Crippen LogP contribution in [0, 0.1) is 0 Å². The van der Waals surface area contributed by atoms with E-state index in [9.17, 15) is 9.90 Å². The van der Waals surface area contributed by atoms with Crippen LogP contribution in [0.5, 0.6) is 5.88 Å². The van der Waals surface area contributed by atoms with Crippen molar-refractivity contribution in [2.75, 3.05) is 6.61 Å². The van der Waals surface area contributed by atoms with Gasteiger partial charge < -0.3 is 20.1 Å². The number of aliphatic hydroxyl groups is 1. The summed E-state index contributed by atoms with van der Waals surface area (Å²) in [6, 6.07) is 13.0. The van der Waals surface area contributed by atoms with E-state index in [1.165, 1.54) is 12.5 Å². The van der Waals surface area contributed by atoms with Crippen molar-refractivity contribution in [2.24, 2.45) is 5.73 Å². The van der Waals surface area contributed by atoms with Crippen molar-refractivity contribution in [2.45, 2.75) is 25.5 Å². The zero-order chi connectivity index (χ0) is 19.9. The average Bonchev–Trinajstić information content (AvgIpc) is 3.15. The lowest BCUT2D eigenvalue weighted by atomic mass is 10.1. The van der Waals surface area contributed by atoms with Crippen LogP contribution in [-0.2, 0) is 6.54 Å². The fraction of sp³-hybridized carbons (Fsp3) is 0.250. The molecule has 0 saturated carbocycles. The number of rotatable bonds is 9. The highest BCUT2D eigenvalue weighted by molar-refractivity contribution is 6.30. The zero-order valence-corrected chi connectivity index (χ0v) is 15.9. The fourth-order valence-corrected chi connectivity index (χ4v) is 2.82. The minimum atomic E-state index is -0.588. The number of primary amides is 1. The first kappa shape index (κ1) is 19.9. The molecule has 0 saturated heterocycles. The van der Waals surface area contributed by atoms with Gasteiger partial charge in [0, 0.05) is 29.4 Å². The lowest BCUT2D eigenvalue weighted by Crippen LogP contribution is -2.16. The highest BCUT2D eigenvalue weighted by atomic mass is 35.5. The molecule has 0 bridgehead atoms. The second-order valence-corrected chi connectivity index (χ2v) is 6.77. The Bertz CT molecular complexity index is 927. The van der Waals surface area contributed by atoms with Gasteiger partial charge in [0.25, 0.3) is 5.91 Å². The van der Waals surface area contributed by atoms with Crippen LogP contribution in [0.25, 0.3) is 11.3 Å². The Morgan fingerprint density at radius 3 is 2.75 bits per heavy atom. The molecule has 146 valence electrons. The quantitative estimate of drug-likeness (QED) is 0.537. The van der Waals surface area contributed by atoms with Crippen molar-refractivity contribution in [1.82, 2.24) is 14.5 Å². The molecule has 0 aliphatic rings. The number of halogens is 1. The predicted molar refractivity (Wildman–Crippen MR) is 106 cm³/mol. The summed E-state index contributed by atoms with van der Waals surface area (Å²) in [6.45, 7) is 0.773. The van der Waals surface area contributed by atoms with Crippen LogP contribution in [0.4, 0.5) is 0 Å². The number of carbonyl (C=O) groups excluding carboxylic acids is 1. The summed E-state index contributed by atoms with van der Waals surface area (Å²) in [7, 11) is 0. The van der Waals surface area contributed by atoms with E-state index in [1.807, 2.05) is 36.4 Å². The standard InChI is InChI=1S/C20H21ClN4O3/c21-15-8-6-14(7-9-15)17-4-1-5-19(24-17)28-10-2-3-16(26)11-25-12-18(20(22)27)23-13-25/h1,4-9,12-13,16,26H,2-3,10-11H2,(H2,22,27). The van der Waals surface area contributed by atoms with Crippen LogP contribution < -0.4 is 10.5 Å². The number of hydrogen-bond acceptors (Lipinski definition) is 5. The Kier molecular flexibility index (Phi) is 6.62. The van der Waals surface area contributed by atoms with Gasteiger partial charge in [0.15, 0.2) is 0 Å². The summed E-state index contributed by atoms with van der Waals surface area (Å²) >= 11 is 5.92. The maximum absolute atomic E-state index is 11.0. The third-order valence-corrected chi connectivity index (χ3v) is 4.35. The topological polar surface area (TPSA) is 103 Å². The first-order valence-electron chi connectivity index (χ1n) is 8.86. The van der Waals surface area contributed by atoms with Crippen molar-refractivity contribution in [3.63, 3.8) is 0 Å². The van der Waals surface area contributed by atoms with E-state index in [1.54, 1.807) is 10.6 Å². The van der Waals surface area contributed by atoms with Crippen LogP contribution in [-0.4, -0.2) is 38.3 Å². The van der Waals surface area contributed by atoms with E-state index in [-0.39, 0.29) is 5.69 Å². The molecule has 2 aromatic heterocycles. The van der Waals surface area contributed by atoms with Crippen molar-refractivity contribution in [1.29, 1.82) is 0 Å². The summed E-state index contributed by atoms with van der Waals surface area (Å²) < 4.78 is 7.34. The predicted octanol–water partition coefficient (Wildman–Crippen LogP) is 2.92. The molecule has 28 heavy (non-hydrogen) atoms. The molecular formula is C20H21ClN4O3. The summed E-state index contributed by atoms with van der Waals surface area (Å²) in [5, 5.41) is 10.8. The smallest absolute Gasteiger partial charge is 0.268 e. The number of aliphatic hydroxyl groups excluding tert-OH is 1. The third-order valence-electron chi connectivity index (χ3n) is 4.10. The van der Waals surface area contributed by atoms with Gasteiger partial charge in [-0.1, -0.05) is 29.8 Å². The molecule has 7 nitrogen and oxygen atoms in total. The lowest BCUT2D eigenvalue weighted by Gasteiger charge is -2.12. The van der Waals surface area contributed by atoms with E-state index in [0.717, 1.165) is 11.3 Å². The fourth-order valence-electron chi connectivity index (χ4n) is 2.69. The average molecular weight is 401 g/mol. The molecule has 1 amide bonds. The number of pyridine rings is 1. The van der Waals surface area contributed by atoms with Gasteiger partial charge in [-0.3, -0.25) is 4.79 Å². The number of ether oxygens (including phenoxy) is 1. The number of imidazole rings is 1. The van der Waals surface area contributed by atoms with Gasteiger partial charge in [0.1, 0.15) is 5.69 Å². The van der Waals surface area contributed by atoms with E-state index in [0.29, 0.717) is 36.9 Å². The Hall–Kier alpha value is -2.90. The Morgan fingerprint density at radius 2 is 2.04 bits per heavy atom. The first-order chi connectivity index (χ1) is 13.5. The Balaban J connectivity index is 1.45. The number of nitrogens with zero attached hydrogens (tertiary/aromatic N) is 3. The number of carbonyl (C=O) groups is 1. The molecule has 0 fully saturated rings. The molecule has 0 aliphatic heterocycles. The van der Waals surface area contributed by atoms with Gasteiger partial charge in [0.05, 0.1) is 24.7 Å². The zero-order valence-electron chi connectivity index (χ0n) is 15.2. The van der Waals surface area contributed by atoms with Crippen molar-refractivity contribution < 1.29 is 14.6 Å². The highest BCUT2D eigenvalue weighted by Gasteiger charge is 2.09. The number of nitrogens with two attached hydrogens (primary N) is 1. The van der Waals surface area contributed by atoms with Crippen molar-refractivity contribution in [3.05, 3.63) is 65.7 Å². The number of amides is 1. The summed E-state index contributed by atoms with van der Waals surface area (Å²) in [6.07, 6.45) is 3.62. The minimum Gasteiger partial charge on any atom is -0.478 e. The van der Waals surface area contributed by atoms with Crippen LogP contribution >= 0.6 is 11.6 Å². The largest absolute Gasteiger partial charge is 0.478 e. The van der Waals surface area contributed by atoms with Crippen LogP contribution in [0.2, 0.25) is 5.02 Å². The van der Waals surface area contributed by atoms with Crippen LogP contribution in [0.3, 0.4) is 0 Å². The lowest BCUT2D eigenvalue weighted by molar-refractivity contribution is 0.0995. The first-order valence-corrected chi connectivity index (χ1v) is 9.24. The summed E-state index contributed by atoms with van der Waals surface area (Å²) in [4.78, 5) is 19.4. The van der Waals surface area contributed by atoms with Crippen molar-refractivity contribution in [3.8, 4) is 17.1 Å². The molecule has 3 rings (SSSR count). The van der Waals surface area contributed by atoms with Crippen molar-refractivity contribution >= 4 is 17.5 Å². The highest BCUT2D eigenvalue weighted by Crippen LogP contribution is 2.21. The van der Waals surface area contributed by atoms with Gasteiger partial charge in [-0.05, 0) is 31.0 Å². The van der Waals surface area contributed by atoms with Gasteiger partial charge >= 0.3 is 0 Å². The van der Waals surface area contributed by atoms with Crippen LogP contribution in [0.15, 0.2) is 55.0 Å². The Labute approximate surface area is 167 Å². The van der Waals surface area contributed by atoms with Crippen LogP contribution in [0.1, 0.15) is 23.3 Å². The van der Waals surface area contributed by atoms with Gasteiger partial charge in [-0.15, -0.1) is 0 Å². The molecule has 2 heterocycles. The van der Waals surface area contributed by atoms with Gasteiger partial charge in [0.2, 0.25) is 5.88 Å². The second-order valence-electron chi connectivity index (χ2n) is 6.33. The number of aromatic nitrogens is 3. The molecular weight excluding hydrogens is 380 g/mol. The third kappa shape index (κ3) is 5.55. The summed E-state index contributed by atoms with van der Waals surface area (Å²) in [5.74, 6) is -0.0578. The second kappa shape index (κ2) is 9.34. The molecule has 0 radical (unpaired) electrons. The molecule has 0 spiro atoms. The van der Waals surface area contributed by atoms with Gasteiger partial charge in [-0.2, -0.15) is 0 Å². The van der Waals surface area contributed by atoms with E-state index >= 15 is 0 Å². The molecule has 0 aliphatic carbocycles. The maximum Gasteiger partial charge on any atom is 0.268 e. The molecule has 3 N–H and O–H groups in total. The normalized spacial score (nSPS) is 11.9. The molecule has 3 aromatic rings. The van der Waals surface area contributed by atoms with E-state index in [2.05, 4.69) is 9.97 Å². The number of benzene rings is 1. The molecule has 1 unspecified atom stereocenters. The molecule has 1 aromatic carbocycles. The SMILES string of the molecule is NC(=O)c1cn(CC(O)CCCOc2cccc(-c3ccc(Cl)cc3)n2)cn1. The van der Waals surface area contributed by atoms with E-state index < -0.39 is 12.0 Å². The summed E-state index contributed by atoms with van der Waals surface area (Å²) in [5.41, 5.74) is 7.11.